The Kier molecular flexibility index (Phi) is 5.12. The fourth-order valence-corrected chi connectivity index (χ4v) is 6.02. The summed E-state index contributed by atoms with van der Waals surface area (Å²) in [7, 11) is 0. The molecule has 2 atom stereocenters. The molecule has 1 saturated carbocycles. The third-order valence-electron chi connectivity index (χ3n) is 5.69. The van der Waals surface area contributed by atoms with Gasteiger partial charge in [-0.25, -0.2) is 4.79 Å². The van der Waals surface area contributed by atoms with Gasteiger partial charge in [-0.2, -0.15) is 0 Å². The molecule has 3 fully saturated rings. The largest absolute Gasteiger partial charge is 0.454 e. The summed E-state index contributed by atoms with van der Waals surface area (Å²) in [5.74, 6) is -0.287. The molecule has 0 radical (unpaired) electrons. The molecule has 27 heavy (non-hydrogen) atoms. The molecule has 1 aromatic carbocycles. The number of esters is 1. The van der Waals surface area contributed by atoms with Gasteiger partial charge in [-0.05, 0) is 24.8 Å². The van der Waals surface area contributed by atoms with Crippen LogP contribution in [-0.4, -0.2) is 47.1 Å². The molecule has 6 nitrogen and oxygen atoms in total. The number of nitrogens with zero attached hydrogens (tertiary/aromatic N) is 1. The summed E-state index contributed by atoms with van der Waals surface area (Å²) in [5.41, 5.74) is 1.04. The van der Waals surface area contributed by atoms with E-state index in [1.54, 1.807) is 16.7 Å². The lowest BCUT2D eigenvalue weighted by molar-refractivity contribution is -0.156. The fourth-order valence-electron chi connectivity index (χ4n) is 4.39. The molecule has 144 valence electrons. The monoisotopic (exact) mass is 388 g/mol. The highest BCUT2D eigenvalue weighted by Gasteiger charge is 2.57. The molecule has 0 aromatic heterocycles. The molecule has 4 rings (SSSR count). The average Bonchev–Trinajstić information content (AvgIpc) is 3.39. The van der Waals surface area contributed by atoms with Crippen LogP contribution in [0.15, 0.2) is 30.3 Å². The number of carbonyl (C=O) groups is 3. The van der Waals surface area contributed by atoms with Crippen molar-refractivity contribution < 1.29 is 19.1 Å². The highest BCUT2D eigenvalue weighted by molar-refractivity contribution is 8.00. The van der Waals surface area contributed by atoms with Crippen LogP contribution in [0.3, 0.4) is 0 Å². The first kappa shape index (κ1) is 18.3. The van der Waals surface area contributed by atoms with Crippen LogP contribution < -0.4 is 5.32 Å². The second-order valence-electron chi connectivity index (χ2n) is 7.40. The molecule has 0 spiro atoms. The number of hydrogen-bond acceptors (Lipinski definition) is 5. The van der Waals surface area contributed by atoms with E-state index < -0.39 is 16.9 Å². The number of thioether (sulfide) groups is 1. The van der Waals surface area contributed by atoms with Crippen molar-refractivity contribution in [3.63, 3.8) is 0 Å². The van der Waals surface area contributed by atoms with Crippen LogP contribution >= 0.6 is 11.8 Å². The van der Waals surface area contributed by atoms with Gasteiger partial charge < -0.3 is 15.0 Å². The molecular weight excluding hydrogens is 364 g/mol. The zero-order chi connectivity index (χ0) is 18.9. The van der Waals surface area contributed by atoms with E-state index in [-0.39, 0.29) is 24.5 Å². The Hall–Kier alpha value is -2.02. The quantitative estimate of drug-likeness (QED) is 0.783. The molecule has 0 unspecified atom stereocenters. The van der Waals surface area contributed by atoms with Crippen molar-refractivity contribution in [3.8, 4) is 0 Å². The maximum Gasteiger partial charge on any atom is 0.330 e. The Morgan fingerprint density at radius 2 is 1.96 bits per heavy atom. The molecule has 3 aliphatic rings. The third-order valence-corrected chi connectivity index (χ3v) is 7.29. The van der Waals surface area contributed by atoms with Crippen molar-refractivity contribution >= 4 is 29.5 Å². The van der Waals surface area contributed by atoms with E-state index in [1.807, 2.05) is 30.3 Å². The van der Waals surface area contributed by atoms with Crippen LogP contribution in [-0.2, 0) is 24.0 Å². The number of carbonyl (C=O) groups excluding carboxylic acids is 3. The Morgan fingerprint density at radius 3 is 2.70 bits per heavy atom. The van der Waals surface area contributed by atoms with Gasteiger partial charge in [0.2, 0.25) is 5.91 Å². The van der Waals surface area contributed by atoms with E-state index in [9.17, 15) is 14.4 Å². The van der Waals surface area contributed by atoms with Crippen molar-refractivity contribution in [3.05, 3.63) is 35.9 Å². The lowest BCUT2D eigenvalue weighted by atomic mass is 10.0. The molecule has 0 bridgehead atoms. The molecule has 2 aliphatic heterocycles. The van der Waals surface area contributed by atoms with Gasteiger partial charge in [-0.1, -0.05) is 43.2 Å². The van der Waals surface area contributed by atoms with E-state index in [4.69, 9.17) is 4.74 Å². The minimum atomic E-state index is -0.635. The summed E-state index contributed by atoms with van der Waals surface area (Å²) >= 11 is 1.62. The average molecular weight is 388 g/mol. The first-order valence-corrected chi connectivity index (χ1v) is 10.6. The van der Waals surface area contributed by atoms with Crippen LogP contribution in [0.25, 0.3) is 0 Å². The van der Waals surface area contributed by atoms with E-state index in [2.05, 4.69) is 5.32 Å². The van der Waals surface area contributed by atoms with Gasteiger partial charge in [0.1, 0.15) is 10.9 Å². The lowest BCUT2D eigenvalue weighted by Gasteiger charge is -2.33. The summed E-state index contributed by atoms with van der Waals surface area (Å²) in [6.45, 7) is -0.281. The maximum atomic E-state index is 12.6. The molecule has 2 amide bonds. The second kappa shape index (κ2) is 7.54. The molecule has 2 saturated heterocycles. The van der Waals surface area contributed by atoms with E-state index in [0.29, 0.717) is 18.6 Å². The van der Waals surface area contributed by atoms with Crippen LogP contribution in [0.2, 0.25) is 0 Å². The van der Waals surface area contributed by atoms with Crippen molar-refractivity contribution in [1.82, 2.24) is 10.2 Å². The SMILES string of the molecule is O=C(COC(=O)[C@H]1CS[C@]2(c3ccccc3)CCC(=O)N12)NC1CCCC1. The molecule has 2 heterocycles. The summed E-state index contributed by atoms with van der Waals surface area (Å²) in [6, 6.07) is 9.40. The van der Waals surface area contributed by atoms with E-state index in [0.717, 1.165) is 31.2 Å². The number of fused-ring (bicyclic) bond motifs is 1. The van der Waals surface area contributed by atoms with E-state index >= 15 is 0 Å². The van der Waals surface area contributed by atoms with Gasteiger partial charge in [0.05, 0.1) is 0 Å². The van der Waals surface area contributed by atoms with Gasteiger partial charge in [0.15, 0.2) is 6.61 Å². The fraction of sp³-hybridized carbons (Fsp3) is 0.550. The van der Waals surface area contributed by atoms with E-state index in [1.165, 1.54) is 0 Å². The van der Waals surface area contributed by atoms with Crippen LogP contribution in [0.5, 0.6) is 0 Å². The highest BCUT2D eigenvalue weighted by atomic mass is 32.2. The second-order valence-corrected chi connectivity index (χ2v) is 8.69. The predicted molar refractivity (Wildman–Crippen MR) is 102 cm³/mol. The van der Waals surface area contributed by atoms with Crippen LogP contribution in [0.1, 0.15) is 44.1 Å². The topological polar surface area (TPSA) is 75.7 Å². The summed E-state index contributed by atoms with van der Waals surface area (Å²) in [5, 5.41) is 2.91. The van der Waals surface area contributed by atoms with Gasteiger partial charge in [0.25, 0.3) is 5.91 Å². The van der Waals surface area contributed by atoms with Crippen molar-refractivity contribution in [2.75, 3.05) is 12.4 Å². The Balaban J connectivity index is 1.41. The molecule has 7 heteroatoms. The van der Waals surface area contributed by atoms with Gasteiger partial charge >= 0.3 is 5.97 Å². The van der Waals surface area contributed by atoms with Crippen molar-refractivity contribution in [2.45, 2.75) is 55.5 Å². The number of benzene rings is 1. The number of amides is 2. The van der Waals surface area contributed by atoms with Crippen molar-refractivity contribution in [1.29, 1.82) is 0 Å². The molecule has 1 N–H and O–H groups in total. The first-order valence-electron chi connectivity index (χ1n) is 9.58. The van der Waals surface area contributed by atoms with Gasteiger partial charge in [-0.15, -0.1) is 11.8 Å². The minimum absolute atomic E-state index is 0.0267. The number of ether oxygens (including phenoxy) is 1. The van der Waals surface area contributed by atoms with Crippen molar-refractivity contribution in [2.24, 2.45) is 0 Å². The summed E-state index contributed by atoms with van der Waals surface area (Å²) < 4.78 is 5.28. The van der Waals surface area contributed by atoms with Crippen LogP contribution in [0.4, 0.5) is 0 Å². The Morgan fingerprint density at radius 1 is 1.22 bits per heavy atom. The standard InChI is InChI=1S/C20H24N2O4S/c23-17(21-15-8-4-5-9-15)12-26-19(25)16-13-27-20(11-10-18(24)22(16)20)14-6-2-1-3-7-14/h1-3,6-7,15-16H,4-5,8-13H2,(H,21,23)/t16-,20+/m1/s1. The number of rotatable bonds is 5. The predicted octanol–water partition coefficient (Wildman–Crippen LogP) is 2.18. The Labute approximate surface area is 163 Å². The lowest BCUT2D eigenvalue weighted by Crippen LogP contribution is -2.47. The van der Waals surface area contributed by atoms with Gasteiger partial charge in [0, 0.05) is 18.2 Å². The zero-order valence-corrected chi connectivity index (χ0v) is 16.0. The summed E-state index contributed by atoms with van der Waals surface area (Å²) in [6.07, 6.45) is 5.34. The first-order chi connectivity index (χ1) is 13.1. The zero-order valence-electron chi connectivity index (χ0n) is 15.2. The number of nitrogens with one attached hydrogen (secondary N) is 1. The smallest absolute Gasteiger partial charge is 0.330 e. The Bertz CT molecular complexity index is 735. The molecule has 1 aromatic rings. The normalized spacial score (nSPS) is 27.6. The van der Waals surface area contributed by atoms with Gasteiger partial charge in [-0.3, -0.25) is 9.59 Å². The minimum Gasteiger partial charge on any atom is -0.454 e. The number of hydrogen-bond donors (Lipinski definition) is 1. The highest BCUT2D eigenvalue weighted by Crippen LogP contribution is 2.54. The molecular formula is C20H24N2O4S. The third kappa shape index (κ3) is 3.45. The maximum absolute atomic E-state index is 12.6. The molecule has 1 aliphatic carbocycles. The van der Waals surface area contributed by atoms with Crippen LogP contribution in [0, 0.1) is 0 Å². The summed E-state index contributed by atoms with van der Waals surface area (Å²) in [4.78, 5) is 38.4.